The second kappa shape index (κ2) is 8.57. The fourth-order valence-electron chi connectivity index (χ4n) is 3.64. The van der Waals surface area contributed by atoms with Crippen molar-refractivity contribution < 1.29 is 14.7 Å². The Balaban J connectivity index is 1.71. The van der Waals surface area contributed by atoms with Gasteiger partial charge in [0.05, 0.1) is 18.7 Å². The Morgan fingerprint density at radius 1 is 0.968 bits per heavy atom. The summed E-state index contributed by atoms with van der Waals surface area (Å²) in [5.74, 6) is -0.959. The zero-order valence-electron chi connectivity index (χ0n) is 15.9. The molecule has 0 bridgehead atoms. The summed E-state index contributed by atoms with van der Waals surface area (Å²) in [5.41, 5.74) is -0.0952. The summed E-state index contributed by atoms with van der Waals surface area (Å²) < 4.78 is 0.683. The number of carbonyl (C=O) groups is 2. The van der Waals surface area contributed by atoms with Crippen LogP contribution in [0, 0.1) is 0 Å². The monoisotopic (exact) mass is 537 g/mol. The highest BCUT2D eigenvalue weighted by molar-refractivity contribution is 9.10. The van der Waals surface area contributed by atoms with Crippen molar-refractivity contribution in [2.75, 3.05) is 4.90 Å². The summed E-state index contributed by atoms with van der Waals surface area (Å²) in [4.78, 5) is 27.7. The van der Waals surface area contributed by atoms with Crippen LogP contribution in [0.2, 0.25) is 15.1 Å². The molecule has 1 aliphatic rings. The largest absolute Gasteiger partial charge is 0.375 e. The summed E-state index contributed by atoms with van der Waals surface area (Å²) >= 11 is 21.6. The number of rotatable bonds is 5. The number of nitrogens with zero attached hydrogens (tertiary/aromatic N) is 1. The molecule has 158 valence electrons. The summed E-state index contributed by atoms with van der Waals surface area (Å²) in [7, 11) is 0. The zero-order chi connectivity index (χ0) is 22.3. The van der Waals surface area contributed by atoms with Gasteiger partial charge in [-0.05, 0) is 60.2 Å². The molecule has 1 aliphatic heterocycles. The van der Waals surface area contributed by atoms with E-state index in [4.69, 9.17) is 34.8 Å². The molecule has 1 heterocycles. The molecule has 0 spiro atoms. The summed E-state index contributed by atoms with van der Waals surface area (Å²) in [5, 5.41) is 12.9. The van der Waals surface area contributed by atoms with Crippen LogP contribution in [0.5, 0.6) is 0 Å². The predicted octanol–water partition coefficient (Wildman–Crippen LogP) is 6.42. The number of anilines is 1. The number of Topliss-reactive ketones (excluding diaryl/α,β-unsaturated/α-hetero) is 1. The van der Waals surface area contributed by atoms with Crippen molar-refractivity contribution in [1.29, 1.82) is 0 Å². The molecule has 0 saturated carbocycles. The van der Waals surface area contributed by atoms with Crippen LogP contribution in [0.25, 0.3) is 0 Å². The Bertz CT molecular complexity index is 1200. The lowest BCUT2D eigenvalue weighted by molar-refractivity contribution is -0.136. The standard InChI is InChI=1S/C23H15BrCl3NO3/c24-15-4-8-20-18(9-15)23(31,11-21(29)13-1-5-16(25)6-2-13)22(30)28(20)12-14-3-7-17(26)10-19(14)27/h1-10,31H,11-12H2. The maximum atomic E-state index is 13.4. The third kappa shape index (κ3) is 4.26. The van der Waals surface area contributed by atoms with E-state index in [1.54, 1.807) is 60.7 Å². The quantitative estimate of drug-likeness (QED) is 0.381. The molecule has 0 aromatic heterocycles. The van der Waals surface area contributed by atoms with Gasteiger partial charge in [0.2, 0.25) is 0 Å². The lowest BCUT2D eigenvalue weighted by atomic mass is 9.88. The van der Waals surface area contributed by atoms with E-state index in [0.717, 1.165) is 0 Å². The van der Waals surface area contributed by atoms with Crippen molar-refractivity contribution in [3.05, 3.63) is 96.9 Å². The van der Waals surface area contributed by atoms with Crippen molar-refractivity contribution >= 4 is 68.1 Å². The van der Waals surface area contributed by atoms with Crippen molar-refractivity contribution in [3.63, 3.8) is 0 Å². The second-order valence-corrected chi connectivity index (χ2v) is 9.45. The number of carbonyl (C=O) groups excluding carboxylic acids is 2. The Morgan fingerprint density at radius 3 is 2.32 bits per heavy atom. The summed E-state index contributed by atoms with van der Waals surface area (Å²) in [6, 6.07) is 16.5. The zero-order valence-corrected chi connectivity index (χ0v) is 19.8. The summed E-state index contributed by atoms with van der Waals surface area (Å²) in [6.45, 7) is 0.126. The fourth-order valence-corrected chi connectivity index (χ4v) is 4.60. The third-order valence-corrected chi connectivity index (χ3v) is 6.55. The highest BCUT2D eigenvalue weighted by atomic mass is 79.9. The first-order valence-corrected chi connectivity index (χ1v) is 11.2. The number of benzene rings is 3. The highest BCUT2D eigenvalue weighted by Gasteiger charge is 2.51. The number of fused-ring (bicyclic) bond motifs is 1. The number of aliphatic hydroxyl groups is 1. The molecule has 31 heavy (non-hydrogen) atoms. The number of hydrogen-bond acceptors (Lipinski definition) is 3. The first kappa shape index (κ1) is 22.3. The van der Waals surface area contributed by atoms with E-state index < -0.39 is 17.9 Å². The maximum absolute atomic E-state index is 13.4. The van der Waals surface area contributed by atoms with Gasteiger partial charge < -0.3 is 10.0 Å². The Morgan fingerprint density at radius 2 is 1.65 bits per heavy atom. The topological polar surface area (TPSA) is 57.6 Å². The van der Waals surface area contributed by atoms with E-state index in [2.05, 4.69) is 15.9 Å². The molecule has 4 nitrogen and oxygen atoms in total. The molecule has 3 aromatic rings. The molecule has 3 aromatic carbocycles. The molecule has 8 heteroatoms. The van der Waals surface area contributed by atoms with E-state index in [9.17, 15) is 14.7 Å². The average molecular weight is 540 g/mol. The van der Waals surface area contributed by atoms with Gasteiger partial charge in [-0.25, -0.2) is 0 Å². The van der Waals surface area contributed by atoms with Crippen LogP contribution in [-0.2, 0) is 16.9 Å². The molecule has 0 saturated heterocycles. The Kier molecular flexibility index (Phi) is 6.16. The predicted molar refractivity (Wildman–Crippen MR) is 126 cm³/mol. The van der Waals surface area contributed by atoms with Gasteiger partial charge >= 0.3 is 0 Å². The van der Waals surface area contributed by atoms with E-state index in [-0.39, 0.29) is 12.3 Å². The van der Waals surface area contributed by atoms with Crippen LogP contribution in [0.3, 0.4) is 0 Å². The van der Waals surface area contributed by atoms with Crippen molar-refractivity contribution in [3.8, 4) is 0 Å². The number of amides is 1. The first-order chi connectivity index (χ1) is 14.7. The van der Waals surface area contributed by atoms with Gasteiger partial charge in [0.25, 0.3) is 5.91 Å². The van der Waals surface area contributed by atoms with E-state index in [1.807, 2.05) is 0 Å². The molecule has 1 amide bonds. The number of halogens is 4. The van der Waals surface area contributed by atoms with Crippen molar-refractivity contribution in [1.82, 2.24) is 0 Å². The summed E-state index contributed by atoms with van der Waals surface area (Å²) in [6.07, 6.45) is -0.401. The van der Waals surface area contributed by atoms with Crippen LogP contribution >= 0.6 is 50.7 Å². The third-order valence-electron chi connectivity index (χ3n) is 5.22. The maximum Gasteiger partial charge on any atom is 0.264 e. The number of hydrogen-bond donors (Lipinski definition) is 1. The minimum absolute atomic E-state index is 0.126. The van der Waals surface area contributed by atoms with Crippen molar-refractivity contribution in [2.24, 2.45) is 0 Å². The van der Waals surface area contributed by atoms with Gasteiger partial charge in [-0.15, -0.1) is 0 Å². The molecule has 1 N–H and O–H groups in total. The molecule has 4 rings (SSSR count). The average Bonchev–Trinajstić information content (AvgIpc) is 2.92. The van der Waals surface area contributed by atoms with Gasteiger partial charge in [-0.3, -0.25) is 9.59 Å². The van der Waals surface area contributed by atoms with Gasteiger partial charge in [0.15, 0.2) is 11.4 Å². The molecular formula is C23H15BrCl3NO3. The Labute approximate surface area is 202 Å². The van der Waals surface area contributed by atoms with Crippen LogP contribution in [0.1, 0.15) is 27.9 Å². The minimum atomic E-state index is -2.01. The SMILES string of the molecule is O=C(CC1(O)C(=O)N(Cc2ccc(Cl)cc2Cl)c2ccc(Br)cc21)c1ccc(Cl)cc1. The van der Waals surface area contributed by atoms with E-state index in [1.165, 1.54) is 4.90 Å². The van der Waals surface area contributed by atoms with Crippen LogP contribution in [0.4, 0.5) is 5.69 Å². The van der Waals surface area contributed by atoms with Gasteiger partial charge in [-0.1, -0.05) is 56.8 Å². The van der Waals surface area contributed by atoms with Crippen LogP contribution in [0.15, 0.2) is 65.1 Å². The lowest BCUT2D eigenvalue weighted by Gasteiger charge is -2.23. The molecule has 0 fully saturated rings. The normalized spacial score (nSPS) is 17.7. The van der Waals surface area contributed by atoms with Gasteiger partial charge in [0, 0.05) is 30.7 Å². The molecule has 1 unspecified atom stereocenters. The minimum Gasteiger partial charge on any atom is -0.375 e. The lowest BCUT2D eigenvalue weighted by Crippen LogP contribution is -2.41. The second-order valence-electron chi connectivity index (χ2n) is 7.26. The van der Waals surface area contributed by atoms with E-state index >= 15 is 0 Å². The fraction of sp³-hybridized carbons (Fsp3) is 0.130. The Hall–Kier alpha value is -1.89. The van der Waals surface area contributed by atoms with Crippen LogP contribution < -0.4 is 4.90 Å². The number of ketones is 1. The molecule has 0 radical (unpaired) electrons. The molecule has 1 atom stereocenters. The van der Waals surface area contributed by atoms with Crippen LogP contribution in [-0.4, -0.2) is 16.8 Å². The molecular weight excluding hydrogens is 525 g/mol. The van der Waals surface area contributed by atoms with Crippen molar-refractivity contribution in [2.45, 2.75) is 18.6 Å². The smallest absolute Gasteiger partial charge is 0.264 e. The van der Waals surface area contributed by atoms with Gasteiger partial charge in [0.1, 0.15) is 0 Å². The van der Waals surface area contributed by atoms with E-state index in [0.29, 0.717) is 41.9 Å². The highest BCUT2D eigenvalue weighted by Crippen LogP contribution is 2.45. The van der Waals surface area contributed by atoms with Gasteiger partial charge in [-0.2, -0.15) is 0 Å². The molecule has 0 aliphatic carbocycles. The first-order valence-electron chi connectivity index (χ1n) is 9.26.